The van der Waals surface area contributed by atoms with Crippen molar-refractivity contribution in [3.05, 3.63) is 59.7 Å². The minimum Gasteiger partial charge on any atom is -0.497 e. The van der Waals surface area contributed by atoms with Gasteiger partial charge in [0.2, 0.25) is 0 Å². The van der Waals surface area contributed by atoms with E-state index >= 15 is 0 Å². The van der Waals surface area contributed by atoms with Gasteiger partial charge in [-0.1, -0.05) is 43.2 Å². The summed E-state index contributed by atoms with van der Waals surface area (Å²) in [4.78, 5) is 23.5. The van der Waals surface area contributed by atoms with Crippen molar-refractivity contribution in [2.45, 2.75) is 45.3 Å². The van der Waals surface area contributed by atoms with Gasteiger partial charge in [-0.3, -0.25) is 9.59 Å². The molecule has 0 spiro atoms. The van der Waals surface area contributed by atoms with Crippen molar-refractivity contribution in [2.75, 3.05) is 14.2 Å². The molecule has 2 aromatic carbocycles. The van der Waals surface area contributed by atoms with Gasteiger partial charge < -0.3 is 25.1 Å². The lowest BCUT2D eigenvalue weighted by Crippen LogP contribution is -2.33. The first-order valence-electron chi connectivity index (χ1n) is 10.8. The third-order valence-corrected chi connectivity index (χ3v) is 5.58. The number of nitrogens with two attached hydrogens (primary N) is 1. The Morgan fingerprint density at radius 3 is 2.22 bits per heavy atom. The molecule has 0 heterocycles. The van der Waals surface area contributed by atoms with Crippen LogP contribution in [0.25, 0.3) is 0 Å². The second-order valence-corrected chi connectivity index (χ2v) is 7.82. The van der Waals surface area contributed by atoms with Crippen LogP contribution in [0.5, 0.6) is 11.5 Å². The molecular weight excluding hydrogens is 410 g/mol. The van der Waals surface area contributed by atoms with Crippen LogP contribution in [-0.4, -0.2) is 31.3 Å². The number of rotatable bonds is 7. The summed E-state index contributed by atoms with van der Waals surface area (Å²) < 4.78 is 15.7. The highest BCUT2D eigenvalue weighted by molar-refractivity contribution is 5.81. The average molecular weight is 444 g/mol. The molecule has 1 aliphatic rings. The van der Waals surface area contributed by atoms with E-state index in [1.807, 2.05) is 37.3 Å². The summed E-state index contributed by atoms with van der Waals surface area (Å²) in [7, 11) is 3.09. The molecule has 0 bridgehead atoms. The van der Waals surface area contributed by atoms with E-state index < -0.39 is 23.8 Å². The number of hydrogen-bond donors (Lipinski definition) is 2. The van der Waals surface area contributed by atoms with E-state index in [0.29, 0.717) is 29.9 Å². The molecule has 7 heteroatoms. The van der Waals surface area contributed by atoms with E-state index in [4.69, 9.17) is 19.9 Å². The Morgan fingerprint density at radius 1 is 1.03 bits per heavy atom. The van der Waals surface area contributed by atoms with Crippen LogP contribution in [0.2, 0.25) is 0 Å². The zero-order valence-electron chi connectivity index (χ0n) is 19.0. The fourth-order valence-corrected chi connectivity index (χ4v) is 3.69. The van der Waals surface area contributed by atoms with Crippen LogP contribution >= 0.6 is 0 Å². The zero-order valence-corrected chi connectivity index (χ0v) is 19.0. The number of methoxy groups -OCH3 is 2. The van der Waals surface area contributed by atoms with Crippen LogP contribution in [0.15, 0.2) is 48.5 Å². The first-order chi connectivity index (χ1) is 15.4. The second-order valence-electron chi connectivity index (χ2n) is 7.82. The first kappa shape index (κ1) is 25.2. The predicted molar refractivity (Wildman–Crippen MR) is 121 cm³/mol. The molecule has 7 nitrogen and oxygen atoms in total. The Labute approximate surface area is 189 Å². The minimum atomic E-state index is -0.923. The van der Waals surface area contributed by atoms with Crippen LogP contribution in [0, 0.1) is 11.8 Å². The molecule has 0 aliphatic heterocycles. The van der Waals surface area contributed by atoms with Gasteiger partial charge in [-0.05, 0) is 37.5 Å². The minimum absolute atomic E-state index is 0.0504. The van der Waals surface area contributed by atoms with Gasteiger partial charge in [0.25, 0.3) is 0 Å². The smallest absolute Gasteiger partial charge is 0.310 e. The molecule has 174 valence electrons. The third kappa shape index (κ3) is 7.27. The van der Waals surface area contributed by atoms with Crippen molar-refractivity contribution in [3.8, 4) is 11.5 Å². The molecule has 1 saturated carbocycles. The molecule has 1 aliphatic carbocycles. The number of esters is 1. The topological polar surface area (TPSA) is 108 Å². The Balaban J connectivity index is 0.000000336. The van der Waals surface area contributed by atoms with Gasteiger partial charge in [-0.25, -0.2) is 0 Å². The Bertz CT molecular complexity index is 868. The Hall–Kier alpha value is -3.06. The average Bonchev–Trinajstić information content (AvgIpc) is 2.83. The number of ether oxygens (including phenoxy) is 3. The van der Waals surface area contributed by atoms with Crippen molar-refractivity contribution < 1.29 is 28.9 Å². The highest BCUT2D eigenvalue weighted by atomic mass is 16.5. The summed E-state index contributed by atoms with van der Waals surface area (Å²) in [5, 5.41) is 9.24. The molecule has 0 saturated heterocycles. The summed E-state index contributed by atoms with van der Waals surface area (Å²) >= 11 is 0. The lowest BCUT2D eigenvalue weighted by Gasteiger charge is -2.26. The standard InChI is InChI=1S/C17H22O6.C8H11N/c1-21-12-8-7-11(15(9-12)22-2)10-23-17(20)14-6-4-3-5-13(14)16(18)19;1-7(9)8-5-3-2-4-6-8/h7-9,13-14H,3-6,10H2,1-2H3,(H,18,19);2-7H,9H2,1H3/t13-,14+;7-/m11/s1. The van der Waals surface area contributed by atoms with Gasteiger partial charge in [0.15, 0.2) is 0 Å². The maximum absolute atomic E-state index is 12.3. The van der Waals surface area contributed by atoms with Gasteiger partial charge in [0, 0.05) is 17.7 Å². The van der Waals surface area contributed by atoms with E-state index in [9.17, 15) is 14.7 Å². The summed E-state index contributed by atoms with van der Waals surface area (Å²) in [6.45, 7) is 2.03. The van der Waals surface area contributed by atoms with Crippen molar-refractivity contribution in [1.82, 2.24) is 0 Å². The van der Waals surface area contributed by atoms with Crippen molar-refractivity contribution in [3.63, 3.8) is 0 Å². The normalized spacial score (nSPS) is 18.5. The maximum Gasteiger partial charge on any atom is 0.310 e. The highest BCUT2D eigenvalue weighted by Gasteiger charge is 2.36. The predicted octanol–water partition coefficient (Wildman–Crippen LogP) is 4.34. The van der Waals surface area contributed by atoms with E-state index in [2.05, 4.69) is 0 Å². The van der Waals surface area contributed by atoms with Gasteiger partial charge in [-0.15, -0.1) is 0 Å². The maximum atomic E-state index is 12.3. The summed E-state index contributed by atoms with van der Waals surface area (Å²) in [5.74, 6) is -1.37. The molecular formula is C25H33NO6. The molecule has 0 amide bonds. The van der Waals surface area contributed by atoms with Crippen LogP contribution < -0.4 is 15.2 Å². The Morgan fingerprint density at radius 2 is 1.69 bits per heavy atom. The lowest BCUT2D eigenvalue weighted by atomic mass is 9.79. The zero-order chi connectivity index (χ0) is 23.5. The number of benzene rings is 2. The van der Waals surface area contributed by atoms with Gasteiger partial charge in [0.05, 0.1) is 26.1 Å². The van der Waals surface area contributed by atoms with Crippen molar-refractivity contribution in [1.29, 1.82) is 0 Å². The van der Waals surface area contributed by atoms with Crippen LogP contribution in [0.3, 0.4) is 0 Å². The number of carbonyl (C=O) groups excluding carboxylic acids is 1. The number of hydrogen-bond acceptors (Lipinski definition) is 6. The quantitative estimate of drug-likeness (QED) is 0.613. The van der Waals surface area contributed by atoms with Crippen LogP contribution in [0.1, 0.15) is 49.8 Å². The third-order valence-electron chi connectivity index (χ3n) is 5.58. The fourth-order valence-electron chi connectivity index (χ4n) is 3.69. The van der Waals surface area contributed by atoms with Crippen LogP contribution in [-0.2, 0) is 20.9 Å². The summed E-state index contributed by atoms with van der Waals surface area (Å²) in [6.07, 6.45) is 2.79. The van der Waals surface area contributed by atoms with E-state index in [1.165, 1.54) is 12.7 Å². The summed E-state index contributed by atoms with van der Waals surface area (Å²) in [5.41, 5.74) is 7.52. The number of carboxylic acids is 1. The van der Waals surface area contributed by atoms with E-state index in [0.717, 1.165) is 12.8 Å². The van der Waals surface area contributed by atoms with E-state index in [-0.39, 0.29) is 12.6 Å². The number of carbonyl (C=O) groups is 2. The van der Waals surface area contributed by atoms with Crippen LogP contribution in [0.4, 0.5) is 0 Å². The van der Waals surface area contributed by atoms with Crippen molar-refractivity contribution in [2.24, 2.45) is 17.6 Å². The highest BCUT2D eigenvalue weighted by Crippen LogP contribution is 2.32. The second kappa shape index (κ2) is 12.7. The molecule has 3 rings (SSSR count). The monoisotopic (exact) mass is 443 g/mol. The van der Waals surface area contributed by atoms with Gasteiger partial charge >= 0.3 is 11.9 Å². The number of aliphatic carboxylic acids is 1. The fraction of sp³-hybridized carbons (Fsp3) is 0.440. The largest absolute Gasteiger partial charge is 0.497 e. The molecule has 0 unspecified atom stereocenters. The SMILES string of the molecule is COc1ccc(COC(=O)[C@H]2CCCC[C@H]2C(=O)O)c(OC)c1.C[C@@H](N)c1ccccc1. The molecule has 32 heavy (non-hydrogen) atoms. The Kier molecular flexibility index (Phi) is 10.0. The van der Waals surface area contributed by atoms with Crippen molar-refractivity contribution >= 4 is 11.9 Å². The first-order valence-corrected chi connectivity index (χ1v) is 10.8. The molecule has 0 radical (unpaired) electrons. The number of carboxylic acid groups (broad SMARTS) is 1. The molecule has 3 N–H and O–H groups in total. The van der Waals surface area contributed by atoms with Gasteiger partial charge in [-0.2, -0.15) is 0 Å². The lowest BCUT2D eigenvalue weighted by molar-refractivity contribution is -0.160. The molecule has 1 fully saturated rings. The van der Waals surface area contributed by atoms with Gasteiger partial charge in [0.1, 0.15) is 18.1 Å². The summed E-state index contributed by atoms with van der Waals surface area (Å²) in [6, 6.07) is 15.4. The molecule has 0 aromatic heterocycles. The van der Waals surface area contributed by atoms with E-state index in [1.54, 1.807) is 25.3 Å². The molecule has 3 atom stereocenters. The molecule has 2 aromatic rings.